The Morgan fingerprint density at radius 3 is 2.95 bits per heavy atom. The summed E-state index contributed by atoms with van der Waals surface area (Å²) in [6, 6.07) is 8.68. The second-order valence-electron chi connectivity index (χ2n) is 6.26. The third-order valence-electron chi connectivity index (χ3n) is 4.77. The Morgan fingerprint density at radius 2 is 2.19 bits per heavy atom. The summed E-state index contributed by atoms with van der Waals surface area (Å²) in [4.78, 5) is 15.3. The maximum absolute atomic E-state index is 12.0. The number of benzene rings is 1. The maximum atomic E-state index is 12.0. The molecule has 3 rings (SSSR count). The zero-order valence-corrected chi connectivity index (χ0v) is 12.7. The first-order chi connectivity index (χ1) is 10.2. The molecule has 1 aliphatic rings. The highest BCUT2D eigenvalue weighted by Crippen LogP contribution is 2.29. The van der Waals surface area contributed by atoms with Crippen molar-refractivity contribution in [2.24, 2.45) is 5.92 Å². The number of para-hydroxylation sites is 1. The number of carbonyl (C=O) groups excluding carboxylic acids is 1. The van der Waals surface area contributed by atoms with Crippen molar-refractivity contribution in [1.82, 2.24) is 10.3 Å². The quantitative estimate of drug-likeness (QED) is 0.832. The molecule has 1 heterocycles. The van der Waals surface area contributed by atoms with E-state index in [1.54, 1.807) is 0 Å². The normalized spacial score (nSPS) is 16.6. The van der Waals surface area contributed by atoms with Gasteiger partial charge in [-0.3, -0.25) is 4.79 Å². The third-order valence-corrected chi connectivity index (χ3v) is 4.77. The average molecular weight is 284 g/mol. The van der Waals surface area contributed by atoms with Crippen LogP contribution in [0.4, 0.5) is 0 Å². The lowest BCUT2D eigenvalue weighted by Gasteiger charge is -2.31. The summed E-state index contributed by atoms with van der Waals surface area (Å²) in [6.45, 7) is 2.14. The molecule has 3 nitrogen and oxygen atoms in total. The molecule has 1 fully saturated rings. The van der Waals surface area contributed by atoms with Crippen LogP contribution in [0.5, 0.6) is 0 Å². The van der Waals surface area contributed by atoms with E-state index in [0.29, 0.717) is 18.4 Å². The molecule has 0 radical (unpaired) electrons. The van der Waals surface area contributed by atoms with Gasteiger partial charge in [0.2, 0.25) is 5.91 Å². The fourth-order valence-electron chi connectivity index (χ4n) is 3.16. The second-order valence-corrected chi connectivity index (χ2v) is 6.26. The molecular formula is C18H24N2O. The van der Waals surface area contributed by atoms with E-state index >= 15 is 0 Å². The second kappa shape index (κ2) is 6.33. The molecule has 0 spiro atoms. The number of amides is 1. The van der Waals surface area contributed by atoms with Crippen molar-refractivity contribution in [3.8, 4) is 0 Å². The first-order valence-electron chi connectivity index (χ1n) is 8.08. The van der Waals surface area contributed by atoms with Crippen molar-refractivity contribution in [2.75, 3.05) is 0 Å². The predicted octanol–water partition coefficient (Wildman–Crippen LogP) is 3.80. The molecule has 2 N–H and O–H groups in total. The fraction of sp³-hybridized carbons (Fsp3) is 0.500. The van der Waals surface area contributed by atoms with E-state index in [2.05, 4.69) is 41.6 Å². The summed E-state index contributed by atoms with van der Waals surface area (Å²) in [6.07, 6.45) is 8.43. The van der Waals surface area contributed by atoms with Crippen LogP contribution in [-0.4, -0.2) is 16.9 Å². The number of aromatic nitrogens is 1. The Balaban J connectivity index is 1.46. The molecule has 112 valence electrons. The molecule has 1 aromatic carbocycles. The molecular weight excluding hydrogens is 260 g/mol. The van der Waals surface area contributed by atoms with Crippen LogP contribution >= 0.6 is 0 Å². The zero-order valence-electron chi connectivity index (χ0n) is 12.7. The highest BCUT2D eigenvalue weighted by Gasteiger charge is 2.24. The number of H-pyrrole nitrogens is 1. The number of nitrogens with one attached hydrogen (secondary N) is 2. The lowest BCUT2D eigenvalue weighted by Crippen LogP contribution is -2.40. The van der Waals surface area contributed by atoms with Crippen molar-refractivity contribution in [3.63, 3.8) is 0 Å². The number of rotatable bonds is 6. The number of hydrogen-bond acceptors (Lipinski definition) is 1. The molecule has 21 heavy (non-hydrogen) atoms. The van der Waals surface area contributed by atoms with Crippen molar-refractivity contribution in [3.05, 3.63) is 36.0 Å². The molecule has 1 atom stereocenters. The molecule has 0 bridgehead atoms. The molecule has 2 aromatic rings. The summed E-state index contributed by atoms with van der Waals surface area (Å²) >= 11 is 0. The lowest BCUT2D eigenvalue weighted by atomic mass is 9.80. The minimum absolute atomic E-state index is 0.203. The van der Waals surface area contributed by atoms with Crippen LogP contribution < -0.4 is 5.32 Å². The number of carbonyl (C=O) groups is 1. The van der Waals surface area contributed by atoms with Gasteiger partial charge in [0.1, 0.15) is 0 Å². The van der Waals surface area contributed by atoms with E-state index in [0.717, 1.165) is 12.8 Å². The minimum Gasteiger partial charge on any atom is -0.361 e. The number of hydrogen-bond donors (Lipinski definition) is 2. The van der Waals surface area contributed by atoms with Gasteiger partial charge in [-0.15, -0.1) is 0 Å². The van der Waals surface area contributed by atoms with Gasteiger partial charge >= 0.3 is 0 Å². The Kier molecular flexibility index (Phi) is 4.28. The fourth-order valence-corrected chi connectivity index (χ4v) is 3.16. The molecule has 1 saturated carbocycles. The van der Waals surface area contributed by atoms with Gasteiger partial charge in [-0.05, 0) is 50.2 Å². The Hall–Kier alpha value is -1.77. The highest BCUT2D eigenvalue weighted by atomic mass is 16.1. The summed E-state index contributed by atoms with van der Waals surface area (Å²) in [5.41, 5.74) is 2.49. The Bertz CT molecular complexity index is 612. The van der Waals surface area contributed by atoms with E-state index in [1.165, 1.54) is 35.7 Å². The van der Waals surface area contributed by atoms with Crippen molar-refractivity contribution >= 4 is 16.8 Å². The molecule has 1 unspecified atom stereocenters. The van der Waals surface area contributed by atoms with Gasteiger partial charge in [0.15, 0.2) is 0 Å². The summed E-state index contributed by atoms with van der Waals surface area (Å²) < 4.78 is 0. The van der Waals surface area contributed by atoms with Gasteiger partial charge in [0.25, 0.3) is 0 Å². The number of aromatic amines is 1. The monoisotopic (exact) mass is 284 g/mol. The summed E-state index contributed by atoms with van der Waals surface area (Å²) in [7, 11) is 0. The molecule has 3 heteroatoms. The Morgan fingerprint density at radius 1 is 1.38 bits per heavy atom. The van der Waals surface area contributed by atoms with Gasteiger partial charge in [0.05, 0.1) is 0 Å². The maximum Gasteiger partial charge on any atom is 0.220 e. The van der Waals surface area contributed by atoms with E-state index in [-0.39, 0.29) is 5.91 Å². The van der Waals surface area contributed by atoms with Crippen LogP contribution in [0.3, 0.4) is 0 Å². The molecule has 0 aliphatic heterocycles. The van der Waals surface area contributed by atoms with E-state index in [1.807, 2.05) is 6.07 Å². The van der Waals surface area contributed by atoms with Crippen LogP contribution in [0.2, 0.25) is 0 Å². The number of fused-ring (bicyclic) bond motifs is 1. The SMILES string of the molecule is CC(NC(=O)CCCc1c[nH]c2ccccc12)C1CCC1. The van der Waals surface area contributed by atoms with E-state index < -0.39 is 0 Å². The highest BCUT2D eigenvalue weighted by molar-refractivity contribution is 5.83. The van der Waals surface area contributed by atoms with Gasteiger partial charge < -0.3 is 10.3 Å². The standard InChI is InChI=1S/C18H24N2O/c1-13(14-6-4-7-14)20-18(21)11-5-8-15-12-19-17-10-3-2-9-16(15)17/h2-3,9-10,12-14,19H,4-8,11H2,1H3,(H,20,21). The molecule has 0 saturated heterocycles. The lowest BCUT2D eigenvalue weighted by molar-refractivity contribution is -0.122. The van der Waals surface area contributed by atoms with Crippen molar-refractivity contribution < 1.29 is 4.79 Å². The summed E-state index contributed by atoms with van der Waals surface area (Å²) in [5.74, 6) is 0.914. The van der Waals surface area contributed by atoms with Crippen LogP contribution in [0.15, 0.2) is 30.5 Å². The van der Waals surface area contributed by atoms with Gasteiger partial charge in [-0.1, -0.05) is 24.6 Å². The first kappa shape index (κ1) is 14.2. The van der Waals surface area contributed by atoms with Gasteiger partial charge in [-0.2, -0.15) is 0 Å². The van der Waals surface area contributed by atoms with Crippen LogP contribution in [-0.2, 0) is 11.2 Å². The first-order valence-corrected chi connectivity index (χ1v) is 8.08. The number of aryl methyl sites for hydroxylation is 1. The van der Waals surface area contributed by atoms with Crippen LogP contribution in [0.25, 0.3) is 10.9 Å². The molecule has 1 amide bonds. The molecule has 1 aliphatic carbocycles. The van der Waals surface area contributed by atoms with Crippen LogP contribution in [0.1, 0.15) is 44.6 Å². The predicted molar refractivity (Wildman–Crippen MR) is 86.2 cm³/mol. The average Bonchev–Trinajstić information content (AvgIpc) is 2.80. The van der Waals surface area contributed by atoms with E-state index in [9.17, 15) is 4.79 Å². The third kappa shape index (κ3) is 3.29. The Labute approximate surface area is 126 Å². The zero-order chi connectivity index (χ0) is 14.7. The van der Waals surface area contributed by atoms with Gasteiger partial charge in [-0.25, -0.2) is 0 Å². The molecule has 1 aromatic heterocycles. The van der Waals surface area contributed by atoms with E-state index in [4.69, 9.17) is 0 Å². The topological polar surface area (TPSA) is 44.9 Å². The minimum atomic E-state index is 0.203. The van der Waals surface area contributed by atoms with Crippen molar-refractivity contribution in [1.29, 1.82) is 0 Å². The van der Waals surface area contributed by atoms with Crippen molar-refractivity contribution in [2.45, 2.75) is 51.5 Å². The largest absolute Gasteiger partial charge is 0.361 e. The summed E-state index contributed by atoms with van der Waals surface area (Å²) in [5, 5.41) is 4.43. The smallest absolute Gasteiger partial charge is 0.220 e. The van der Waals surface area contributed by atoms with Gasteiger partial charge in [0, 0.05) is 29.6 Å². The van der Waals surface area contributed by atoms with Crippen LogP contribution in [0, 0.1) is 5.92 Å².